The van der Waals surface area contributed by atoms with E-state index >= 15 is 0 Å². The summed E-state index contributed by atoms with van der Waals surface area (Å²) in [5.41, 5.74) is 7.05. The van der Waals surface area contributed by atoms with Crippen molar-refractivity contribution in [2.24, 2.45) is 17.6 Å². The lowest BCUT2D eigenvalue weighted by Crippen LogP contribution is -2.43. The number of nitrogens with two attached hydrogens (primary N) is 1. The molecule has 2 fully saturated rings. The number of halogens is 3. The van der Waals surface area contributed by atoms with E-state index < -0.39 is 30.8 Å². The van der Waals surface area contributed by atoms with E-state index in [1.54, 1.807) is 6.07 Å². The van der Waals surface area contributed by atoms with E-state index in [0.29, 0.717) is 17.2 Å². The minimum atomic E-state index is -4.49. The number of rotatable bonds is 5. The van der Waals surface area contributed by atoms with Crippen LogP contribution in [0.2, 0.25) is 0 Å². The summed E-state index contributed by atoms with van der Waals surface area (Å²) in [5.74, 6) is 0.483. The highest BCUT2D eigenvalue weighted by Gasteiger charge is 2.46. The smallest absolute Gasteiger partial charge is 0.324 e. The standard InChI is InChI=1S/C19H26F3N5O2/c1-11-2-4-13(5-3-11)16(23)17(28)25-14-6-12(7-24-8-14)9-27-10-15(19(20,21)22)26-18(27)29/h6-8,11,13,15-16H,2-5,9-10,23H2,1H3,(H,25,28)(H,26,29)/t11?,13?,15-,16-/m0/s1. The van der Waals surface area contributed by atoms with E-state index in [2.05, 4.69) is 17.2 Å². The highest BCUT2D eigenvalue weighted by atomic mass is 19.4. The predicted octanol–water partition coefficient (Wildman–Crippen LogP) is 2.63. The van der Waals surface area contributed by atoms with Crippen LogP contribution in [0.25, 0.3) is 0 Å². The van der Waals surface area contributed by atoms with Gasteiger partial charge in [-0.3, -0.25) is 9.78 Å². The average Bonchev–Trinajstić information content (AvgIpc) is 3.03. The molecule has 1 saturated carbocycles. The molecule has 10 heteroatoms. The van der Waals surface area contributed by atoms with E-state index in [9.17, 15) is 22.8 Å². The molecule has 29 heavy (non-hydrogen) atoms. The maximum absolute atomic E-state index is 12.8. The second kappa shape index (κ2) is 8.56. The highest BCUT2D eigenvalue weighted by Crippen LogP contribution is 2.30. The Morgan fingerprint density at radius 3 is 2.66 bits per heavy atom. The summed E-state index contributed by atoms with van der Waals surface area (Å²) in [6.07, 6.45) is 2.34. The summed E-state index contributed by atoms with van der Waals surface area (Å²) >= 11 is 0. The Bertz CT molecular complexity index is 750. The van der Waals surface area contributed by atoms with Crippen LogP contribution < -0.4 is 16.4 Å². The molecule has 1 aromatic heterocycles. The maximum Gasteiger partial charge on any atom is 0.410 e. The first kappa shape index (κ1) is 21.4. The Hall–Kier alpha value is -2.36. The number of urea groups is 1. The van der Waals surface area contributed by atoms with Crippen molar-refractivity contribution in [2.45, 2.75) is 57.4 Å². The quantitative estimate of drug-likeness (QED) is 0.691. The van der Waals surface area contributed by atoms with Crippen molar-refractivity contribution in [3.05, 3.63) is 24.0 Å². The molecular formula is C19H26F3N5O2. The minimum absolute atomic E-state index is 0.0400. The topological polar surface area (TPSA) is 100 Å². The largest absolute Gasteiger partial charge is 0.410 e. The fourth-order valence-corrected chi connectivity index (χ4v) is 3.86. The molecule has 0 radical (unpaired) electrons. The Kier molecular flexibility index (Phi) is 6.30. The molecule has 0 bridgehead atoms. The lowest BCUT2D eigenvalue weighted by atomic mass is 9.79. The van der Waals surface area contributed by atoms with Gasteiger partial charge in [0, 0.05) is 12.7 Å². The second-order valence-electron chi connectivity index (χ2n) is 8.04. The van der Waals surface area contributed by atoms with Crippen LogP contribution in [0, 0.1) is 11.8 Å². The Labute approximate surface area is 167 Å². The zero-order valence-electron chi connectivity index (χ0n) is 16.2. The van der Waals surface area contributed by atoms with Crippen LogP contribution in [0.3, 0.4) is 0 Å². The summed E-state index contributed by atoms with van der Waals surface area (Å²) in [7, 11) is 0. The number of carbonyl (C=O) groups is 2. The number of nitrogens with zero attached hydrogens (tertiary/aromatic N) is 2. The van der Waals surface area contributed by atoms with E-state index in [-0.39, 0.29) is 18.4 Å². The van der Waals surface area contributed by atoms with Gasteiger partial charge in [0.2, 0.25) is 5.91 Å². The van der Waals surface area contributed by atoms with Gasteiger partial charge in [-0.1, -0.05) is 19.8 Å². The number of aromatic nitrogens is 1. The van der Waals surface area contributed by atoms with Crippen LogP contribution in [-0.4, -0.2) is 46.6 Å². The normalized spacial score (nSPS) is 26.2. The van der Waals surface area contributed by atoms with Crippen molar-refractivity contribution >= 4 is 17.6 Å². The van der Waals surface area contributed by atoms with Crippen LogP contribution in [0.4, 0.5) is 23.7 Å². The van der Waals surface area contributed by atoms with Crippen molar-refractivity contribution in [2.75, 3.05) is 11.9 Å². The number of hydrogen-bond acceptors (Lipinski definition) is 4. The summed E-state index contributed by atoms with van der Waals surface area (Å²) in [6.45, 7) is 1.68. The summed E-state index contributed by atoms with van der Waals surface area (Å²) in [6, 6.07) is -1.70. The first-order valence-electron chi connectivity index (χ1n) is 9.76. The molecule has 0 spiro atoms. The minimum Gasteiger partial charge on any atom is -0.324 e. The molecule has 4 N–H and O–H groups in total. The van der Waals surface area contributed by atoms with Crippen LogP contribution in [0.1, 0.15) is 38.2 Å². The first-order valence-corrected chi connectivity index (χ1v) is 9.76. The predicted molar refractivity (Wildman–Crippen MR) is 101 cm³/mol. The molecular weight excluding hydrogens is 387 g/mol. The molecule has 1 aromatic rings. The number of carbonyl (C=O) groups excluding carboxylic acids is 2. The lowest BCUT2D eigenvalue weighted by molar-refractivity contribution is -0.149. The lowest BCUT2D eigenvalue weighted by Gasteiger charge is -2.29. The molecule has 1 aliphatic heterocycles. The molecule has 0 aromatic carbocycles. The van der Waals surface area contributed by atoms with Gasteiger partial charge in [0.05, 0.1) is 24.5 Å². The Morgan fingerprint density at radius 2 is 2.03 bits per heavy atom. The molecule has 1 aliphatic carbocycles. The molecule has 2 heterocycles. The van der Waals surface area contributed by atoms with E-state index in [1.807, 2.05) is 5.32 Å². The summed E-state index contributed by atoms with van der Waals surface area (Å²) in [5, 5.41) is 4.65. The van der Waals surface area contributed by atoms with Crippen molar-refractivity contribution in [1.82, 2.24) is 15.2 Å². The molecule has 1 saturated heterocycles. The van der Waals surface area contributed by atoms with Gasteiger partial charge >= 0.3 is 12.2 Å². The molecule has 3 amide bonds. The van der Waals surface area contributed by atoms with Crippen molar-refractivity contribution in [1.29, 1.82) is 0 Å². The van der Waals surface area contributed by atoms with Gasteiger partial charge in [0.15, 0.2) is 0 Å². The average molecular weight is 413 g/mol. The van der Waals surface area contributed by atoms with Crippen LogP contribution in [-0.2, 0) is 11.3 Å². The fraction of sp³-hybridized carbons (Fsp3) is 0.632. The number of amides is 3. The van der Waals surface area contributed by atoms with E-state index in [4.69, 9.17) is 5.73 Å². The van der Waals surface area contributed by atoms with E-state index in [0.717, 1.165) is 30.6 Å². The first-order chi connectivity index (χ1) is 13.6. The third kappa shape index (κ3) is 5.37. The molecule has 0 unspecified atom stereocenters. The number of nitrogens with one attached hydrogen (secondary N) is 2. The molecule has 2 aliphatic rings. The monoisotopic (exact) mass is 413 g/mol. The number of anilines is 1. The molecule has 2 atom stereocenters. The second-order valence-corrected chi connectivity index (χ2v) is 8.04. The molecule has 7 nitrogen and oxygen atoms in total. The number of hydrogen-bond donors (Lipinski definition) is 3. The van der Waals surface area contributed by atoms with Gasteiger partial charge in [-0.15, -0.1) is 0 Å². The zero-order valence-corrected chi connectivity index (χ0v) is 16.2. The maximum atomic E-state index is 12.8. The third-order valence-electron chi connectivity index (χ3n) is 5.69. The zero-order chi connectivity index (χ0) is 21.2. The highest BCUT2D eigenvalue weighted by molar-refractivity contribution is 5.94. The van der Waals surface area contributed by atoms with Gasteiger partial charge in [0.25, 0.3) is 0 Å². The van der Waals surface area contributed by atoms with Crippen molar-refractivity contribution in [3.63, 3.8) is 0 Å². The van der Waals surface area contributed by atoms with Gasteiger partial charge < -0.3 is 21.3 Å². The molecule has 3 rings (SSSR count). The molecule has 160 valence electrons. The van der Waals surface area contributed by atoms with Crippen LogP contribution in [0.15, 0.2) is 18.5 Å². The fourth-order valence-electron chi connectivity index (χ4n) is 3.86. The van der Waals surface area contributed by atoms with Crippen LogP contribution >= 0.6 is 0 Å². The van der Waals surface area contributed by atoms with Gasteiger partial charge in [-0.25, -0.2) is 4.79 Å². The third-order valence-corrected chi connectivity index (χ3v) is 5.69. The Balaban J connectivity index is 1.58. The Morgan fingerprint density at radius 1 is 1.34 bits per heavy atom. The summed E-state index contributed by atoms with van der Waals surface area (Å²) in [4.78, 5) is 29.4. The summed E-state index contributed by atoms with van der Waals surface area (Å²) < 4.78 is 38.4. The number of alkyl halides is 3. The SMILES string of the molecule is CC1CCC([C@H](N)C(=O)Nc2cncc(CN3C[C@@H](C(F)(F)F)NC3=O)c2)CC1. The van der Waals surface area contributed by atoms with Gasteiger partial charge in [-0.05, 0) is 36.3 Å². The van der Waals surface area contributed by atoms with Crippen molar-refractivity contribution < 1.29 is 22.8 Å². The van der Waals surface area contributed by atoms with E-state index in [1.165, 1.54) is 12.4 Å². The van der Waals surface area contributed by atoms with Crippen molar-refractivity contribution in [3.8, 4) is 0 Å². The van der Waals surface area contributed by atoms with Gasteiger partial charge in [-0.2, -0.15) is 13.2 Å². The van der Waals surface area contributed by atoms with Crippen LogP contribution in [0.5, 0.6) is 0 Å². The number of pyridine rings is 1. The van der Waals surface area contributed by atoms with Gasteiger partial charge in [0.1, 0.15) is 6.04 Å².